The number of nitrogens with one attached hydrogen (secondary N) is 1. The lowest BCUT2D eigenvalue weighted by molar-refractivity contribution is -0.139. The van der Waals surface area contributed by atoms with Crippen molar-refractivity contribution in [3.05, 3.63) is 64.7 Å². The summed E-state index contributed by atoms with van der Waals surface area (Å²) in [5.41, 5.74) is 1.43. The molecule has 41 heavy (non-hydrogen) atoms. The molecule has 2 aromatic carbocycles. The van der Waals surface area contributed by atoms with Gasteiger partial charge in [-0.1, -0.05) is 29.8 Å². The molecule has 6 rings (SSSR count). The molecule has 8 nitrogen and oxygen atoms in total. The minimum absolute atomic E-state index is 0.0158. The maximum absolute atomic E-state index is 13.4. The number of aryl methyl sites for hydroxylation is 1. The fraction of sp³-hybridized carbons (Fsp3) is 0.516. The van der Waals surface area contributed by atoms with Gasteiger partial charge < -0.3 is 19.5 Å². The number of ether oxygens (including phenoxy) is 2. The Morgan fingerprint density at radius 1 is 1.15 bits per heavy atom. The maximum Gasteiger partial charge on any atom is 0.265 e. The molecule has 0 radical (unpaired) electrons. The SMILES string of the molecule is CC1(C)OC/C=C/[C@H](O)[C@@H]2CC[C@H]2CN2C[C@@]3(CCCc4cc(Cl)ccc43)COc3ccc(cc32)S(=O)(=O)NC1=O. The third kappa shape index (κ3) is 5.38. The molecule has 1 amide bonds. The number of hydrogen-bond donors (Lipinski definition) is 2. The van der Waals surface area contributed by atoms with Crippen LogP contribution < -0.4 is 14.4 Å². The molecule has 1 saturated carbocycles. The number of carbonyl (C=O) groups excluding carboxylic acids is 1. The van der Waals surface area contributed by atoms with Crippen LogP contribution in [0, 0.1) is 11.8 Å². The van der Waals surface area contributed by atoms with Gasteiger partial charge in [0.15, 0.2) is 0 Å². The van der Waals surface area contributed by atoms with Crippen molar-refractivity contribution < 1.29 is 27.8 Å². The summed E-state index contributed by atoms with van der Waals surface area (Å²) < 4.78 is 41.2. The minimum atomic E-state index is -4.18. The number of amides is 1. The monoisotopic (exact) mass is 600 g/mol. The van der Waals surface area contributed by atoms with Crippen molar-refractivity contribution in [2.75, 3.05) is 31.2 Å². The van der Waals surface area contributed by atoms with Crippen LogP contribution in [0.3, 0.4) is 0 Å². The highest BCUT2D eigenvalue weighted by Crippen LogP contribution is 2.47. The number of nitrogens with zero attached hydrogens (tertiary/aromatic N) is 1. The third-order valence-electron chi connectivity index (χ3n) is 9.34. The number of anilines is 1. The van der Waals surface area contributed by atoms with E-state index in [1.807, 2.05) is 12.1 Å². The zero-order valence-corrected chi connectivity index (χ0v) is 25.0. The van der Waals surface area contributed by atoms with Crippen LogP contribution in [0.15, 0.2) is 53.4 Å². The number of benzene rings is 2. The minimum Gasteiger partial charge on any atom is -0.490 e. The lowest BCUT2D eigenvalue weighted by atomic mass is 9.68. The van der Waals surface area contributed by atoms with Crippen molar-refractivity contribution in [2.45, 2.75) is 68.0 Å². The standard InChI is InChI=1S/C31H37ClN2O6S/c1-30(2)29(36)33-41(37,38)23-9-12-28-26(16-23)34(17-21-7-10-24(21)27(35)6-4-14-40-30)18-31(19-39-28)13-3-5-20-15-22(32)8-11-25(20)31/h4,6,8-9,11-12,15-16,21,24,27,35H,3,5,7,10,13-14,17-19H2,1-2H3,(H,33,36)/b6-4+/t21-,24+,27-,31-/m0/s1. The van der Waals surface area contributed by atoms with Gasteiger partial charge in [-0.25, -0.2) is 13.1 Å². The van der Waals surface area contributed by atoms with Crippen molar-refractivity contribution in [3.8, 4) is 5.75 Å². The first-order valence-electron chi connectivity index (χ1n) is 14.3. The van der Waals surface area contributed by atoms with E-state index >= 15 is 0 Å². The number of halogens is 1. The lowest BCUT2D eigenvalue weighted by Crippen LogP contribution is -2.49. The van der Waals surface area contributed by atoms with Crippen LogP contribution in [-0.2, 0) is 31.4 Å². The number of sulfonamides is 1. The fourth-order valence-electron chi connectivity index (χ4n) is 6.78. The third-order valence-corrected chi connectivity index (χ3v) is 10.9. The summed E-state index contributed by atoms with van der Waals surface area (Å²) in [7, 11) is -4.18. The number of carbonyl (C=O) groups is 1. The Morgan fingerprint density at radius 3 is 2.76 bits per heavy atom. The highest BCUT2D eigenvalue weighted by Gasteiger charge is 2.44. The first kappa shape index (κ1) is 28.5. The topological polar surface area (TPSA) is 105 Å². The first-order chi connectivity index (χ1) is 19.5. The number of aliphatic hydroxyl groups excluding tert-OH is 1. The van der Waals surface area contributed by atoms with Gasteiger partial charge in [0.2, 0.25) is 0 Å². The molecule has 10 heteroatoms. The molecule has 2 heterocycles. The zero-order valence-electron chi connectivity index (χ0n) is 23.4. The quantitative estimate of drug-likeness (QED) is 0.433. The first-order valence-corrected chi connectivity index (χ1v) is 16.2. The van der Waals surface area contributed by atoms with Gasteiger partial charge in [0, 0.05) is 23.5 Å². The average molecular weight is 601 g/mol. The van der Waals surface area contributed by atoms with E-state index in [-0.39, 0.29) is 28.8 Å². The van der Waals surface area contributed by atoms with Gasteiger partial charge in [-0.2, -0.15) is 0 Å². The van der Waals surface area contributed by atoms with Crippen LogP contribution in [0.1, 0.15) is 50.7 Å². The van der Waals surface area contributed by atoms with Gasteiger partial charge in [-0.15, -0.1) is 0 Å². The van der Waals surface area contributed by atoms with E-state index in [2.05, 4.69) is 15.7 Å². The highest BCUT2D eigenvalue weighted by molar-refractivity contribution is 7.90. The molecule has 0 saturated heterocycles. The van der Waals surface area contributed by atoms with Gasteiger partial charge >= 0.3 is 0 Å². The Morgan fingerprint density at radius 2 is 1.98 bits per heavy atom. The molecule has 0 aromatic heterocycles. The number of fused-ring (bicyclic) bond motifs is 4. The predicted molar refractivity (Wildman–Crippen MR) is 157 cm³/mol. The van der Waals surface area contributed by atoms with E-state index in [1.165, 1.54) is 31.0 Å². The van der Waals surface area contributed by atoms with E-state index in [0.717, 1.165) is 32.1 Å². The van der Waals surface area contributed by atoms with Crippen molar-refractivity contribution in [1.29, 1.82) is 0 Å². The summed E-state index contributed by atoms with van der Waals surface area (Å²) in [6.45, 7) is 4.86. The molecule has 2 aliphatic heterocycles. The number of rotatable bonds is 0. The Balaban J connectivity index is 1.44. The Labute approximate surface area is 246 Å². The van der Waals surface area contributed by atoms with Crippen LogP contribution in [0.25, 0.3) is 0 Å². The summed E-state index contributed by atoms with van der Waals surface area (Å²) in [4.78, 5) is 15.2. The van der Waals surface area contributed by atoms with Crippen LogP contribution >= 0.6 is 11.6 Å². The highest BCUT2D eigenvalue weighted by atomic mass is 35.5. The van der Waals surface area contributed by atoms with Crippen molar-refractivity contribution in [3.63, 3.8) is 0 Å². The molecule has 2 N–H and O–H groups in total. The van der Waals surface area contributed by atoms with E-state index < -0.39 is 27.6 Å². The molecule has 1 fully saturated rings. The lowest BCUT2D eigenvalue weighted by Gasteiger charge is -2.45. The normalized spacial score (nSPS) is 31.5. The Bertz CT molecular complexity index is 1490. The molecule has 0 unspecified atom stereocenters. The second-order valence-electron chi connectivity index (χ2n) is 12.4. The molecule has 2 aliphatic carbocycles. The van der Waals surface area contributed by atoms with E-state index in [1.54, 1.807) is 24.3 Å². The van der Waals surface area contributed by atoms with Crippen LogP contribution in [0.4, 0.5) is 5.69 Å². The molecule has 2 bridgehead atoms. The fourth-order valence-corrected chi connectivity index (χ4v) is 8.10. The molecular weight excluding hydrogens is 564 g/mol. The Kier molecular flexibility index (Phi) is 7.37. The number of aliphatic hydroxyl groups is 1. The summed E-state index contributed by atoms with van der Waals surface area (Å²) in [5, 5.41) is 11.7. The van der Waals surface area contributed by atoms with Crippen molar-refractivity contribution in [1.82, 2.24) is 4.72 Å². The molecule has 4 aliphatic rings. The Hall–Kier alpha value is -2.59. The van der Waals surface area contributed by atoms with Gasteiger partial charge in [-0.3, -0.25) is 4.79 Å². The van der Waals surface area contributed by atoms with Crippen LogP contribution in [-0.4, -0.2) is 57.4 Å². The van der Waals surface area contributed by atoms with E-state index in [4.69, 9.17) is 21.1 Å². The summed E-state index contributed by atoms with van der Waals surface area (Å²) >= 11 is 6.37. The van der Waals surface area contributed by atoms with Crippen molar-refractivity contribution in [2.24, 2.45) is 11.8 Å². The average Bonchev–Trinajstić information content (AvgIpc) is 3.05. The summed E-state index contributed by atoms with van der Waals surface area (Å²) in [5.74, 6) is 0.131. The van der Waals surface area contributed by atoms with E-state index in [9.17, 15) is 18.3 Å². The molecule has 220 valence electrons. The predicted octanol–water partition coefficient (Wildman–Crippen LogP) is 4.37. The maximum atomic E-state index is 13.4. The van der Waals surface area contributed by atoms with Crippen LogP contribution in [0.5, 0.6) is 5.75 Å². The molecule has 4 atom stereocenters. The second-order valence-corrected chi connectivity index (χ2v) is 14.5. The van der Waals surface area contributed by atoms with Gasteiger partial charge in [0.25, 0.3) is 15.9 Å². The van der Waals surface area contributed by atoms with Gasteiger partial charge in [0.1, 0.15) is 11.4 Å². The zero-order chi connectivity index (χ0) is 29.0. The molecule has 1 spiro atoms. The largest absolute Gasteiger partial charge is 0.490 e. The van der Waals surface area contributed by atoms with Crippen molar-refractivity contribution >= 4 is 33.2 Å². The smallest absolute Gasteiger partial charge is 0.265 e. The number of hydrogen-bond acceptors (Lipinski definition) is 7. The summed E-state index contributed by atoms with van der Waals surface area (Å²) in [6.07, 6.45) is 7.56. The van der Waals surface area contributed by atoms with Crippen LogP contribution in [0.2, 0.25) is 5.02 Å². The summed E-state index contributed by atoms with van der Waals surface area (Å²) in [6, 6.07) is 10.9. The van der Waals surface area contributed by atoms with Gasteiger partial charge in [0.05, 0.1) is 29.9 Å². The molecule has 2 aromatic rings. The van der Waals surface area contributed by atoms with E-state index in [0.29, 0.717) is 36.2 Å². The second kappa shape index (κ2) is 10.6. The molecular formula is C31H37ClN2O6S. The van der Waals surface area contributed by atoms with Gasteiger partial charge in [-0.05, 0) is 99.2 Å².